The van der Waals surface area contributed by atoms with Crippen LogP contribution in [0.1, 0.15) is 49.9 Å². The van der Waals surface area contributed by atoms with E-state index in [1.807, 2.05) is 12.1 Å². The first kappa shape index (κ1) is 23.1. The highest BCUT2D eigenvalue weighted by Crippen LogP contribution is 2.23. The number of hydrogen-bond acceptors (Lipinski definition) is 6. The smallest absolute Gasteiger partial charge is 0.337 e. The number of hydrogen-bond donors (Lipinski definition) is 2. The van der Waals surface area contributed by atoms with E-state index in [9.17, 15) is 14.4 Å². The Kier molecular flexibility index (Phi) is 6.98. The largest absolute Gasteiger partial charge is 0.465 e. The molecule has 2 aromatic carbocycles. The Hall–Kier alpha value is -4.04. The van der Waals surface area contributed by atoms with Crippen molar-refractivity contribution < 1.29 is 19.1 Å². The molecule has 8 heteroatoms. The molecule has 8 nitrogen and oxygen atoms in total. The highest BCUT2D eigenvalue weighted by molar-refractivity contribution is 6.04. The summed E-state index contributed by atoms with van der Waals surface area (Å²) in [5.41, 5.74) is 10.8. The van der Waals surface area contributed by atoms with Crippen LogP contribution in [-0.2, 0) is 22.5 Å². The summed E-state index contributed by atoms with van der Waals surface area (Å²) < 4.78 is 4.78. The number of fused-ring (bicyclic) bond motifs is 1. The van der Waals surface area contributed by atoms with Crippen LogP contribution in [0.5, 0.6) is 0 Å². The van der Waals surface area contributed by atoms with Gasteiger partial charge in [-0.05, 0) is 59.5 Å². The highest BCUT2D eigenvalue weighted by atomic mass is 16.5. The van der Waals surface area contributed by atoms with Crippen molar-refractivity contribution in [2.45, 2.75) is 25.4 Å². The first-order valence-electron chi connectivity index (χ1n) is 11.0. The second-order valence-corrected chi connectivity index (χ2v) is 8.16. The van der Waals surface area contributed by atoms with Crippen LogP contribution in [0.15, 0.2) is 67.0 Å². The van der Waals surface area contributed by atoms with Gasteiger partial charge >= 0.3 is 5.97 Å². The third kappa shape index (κ3) is 5.29. The number of nitrogens with zero attached hydrogens (tertiary/aromatic N) is 2. The van der Waals surface area contributed by atoms with Crippen LogP contribution in [0, 0.1) is 0 Å². The molecule has 4 rings (SSSR count). The summed E-state index contributed by atoms with van der Waals surface area (Å²) >= 11 is 0. The Morgan fingerprint density at radius 3 is 2.44 bits per heavy atom. The summed E-state index contributed by atoms with van der Waals surface area (Å²) in [4.78, 5) is 42.8. The van der Waals surface area contributed by atoms with Gasteiger partial charge in [-0.15, -0.1) is 0 Å². The molecule has 0 radical (unpaired) electrons. The Bertz CT molecular complexity index is 1200. The van der Waals surface area contributed by atoms with Crippen LogP contribution in [0.4, 0.5) is 5.69 Å². The number of amides is 2. The second kappa shape index (κ2) is 10.3. The molecular formula is C26H26N4O4. The van der Waals surface area contributed by atoms with Crippen molar-refractivity contribution in [2.24, 2.45) is 5.73 Å². The topological polar surface area (TPSA) is 115 Å². The monoisotopic (exact) mass is 458 g/mol. The molecule has 0 saturated carbocycles. The zero-order valence-corrected chi connectivity index (χ0v) is 18.9. The second-order valence-electron chi connectivity index (χ2n) is 8.16. The van der Waals surface area contributed by atoms with E-state index in [1.165, 1.54) is 7.11 Å². The third-order valence-corrected chi connectivity index (χ3v) is 5.93. The standard InChI is InChI=1S/C26H26N4O4/c1-34-26(33)20-6-7-21-16-30(13-10-19(21)14-20)24(31)15-23(27)17-2-4-18(5-3-17)25(32)29-22-8-11-28-12-9-22/h2-9,11-12,14,23H,10,13,15-16,27H2,1H3,(H,28,29,32). The summed E-state index contributed by atoms with van der Waals surface area (Å²) in [5, 5.41) is 2.81. The van der Waals surface area contributed by atoms with E-state index in [0.29, 0.717) is 36.3 Å². The number of carbonyl (C=O) groups is 3. The quantitative estimate of drug-likeness (QED) is 0.549. The fraction of sp³-hybridized carbons (Fsp3) is 0.231. The molecule has 0 saturated heterocycles. The molecule has 1 aliphatic rings. The lowest BCUT2D eigenvalue weighted by Gasteiger charge is -2.30. The minimum Gasteiger partial charge on any atom is -0.465 e. The number of nitrogens with two attached hydrogens (primary N) is 1. The van der Waals surface area contributed by atoms with Crippen molar-refractivity contribution in [1.29, 1.82) is 0 Å². The molecule has 1 atom stereocenters. The van der Waals surface area contributed by atoms with Gasteiger partial charge in [0.2, 0.25) is 5.91 Å². The maximum atomic E-state index is 12.9. The predicted molar refractivity (Wildman–Crippen MR) is 127 cm³/mol. The number of benzene rings is 2. The number of anilines is 1. The van der Waals surface area contributed by atoms with E-state index in [-0.39, 0.29) is 24.2 Å². The molecule has 1 unspecified atom stereocenters. The van der Waals surface area contributed by atoms with Crippen LogP contribution in [0.2, 0.25) is 0 Å². The van der Waals surface area contributed by atoms with Gasteiger partial charge in [-0.2, -0.15) is 0 Å². The molecule has 3 N–H and O–H groups in total. The maximum Gasteiger partial charge on any atom is 0.337 e. The minimum atomic E-state index is -0.479. The first-order valence-corrected chi connectivity index (χ1v) is 11.0. The molecule has 174 valence electrons. The van der Waals surface area contributed by atoms with Gasteiger partial charge < -0.3 is 20.7 Å². The molecule has 2 amide bonds. The van der Waals surface area contributed by atoms with E-state index in [1.54, 1.807) is 59.8 Å². The van der Waals surface area contributed by atoms with Crippen molar-refractivity contribution in [2.75, 3.05) is 19.0 Å². The van der Waals surface area contributed by atoms with Gasteiger partial charge in [-0.1, -0.05) is 18.2 Å². The van der Waals surface area contributed by atoms with Crippen molar-refractivity contribution in [3.8, 4) is 0 Å². The summed E-state index contributed by atoms with van der Waals surface area (Å²) in [6.07, 6.45) is 4.05. The number of carbonyl (C=O) groups excluding carboxylic acids is 3. The van der Waals surface area contributed by atoms with E-state index >= 15 is 0 Å². The lowest BCUT2D eigenvalue weighted by Crippen LogP contribution is -2.37. The molecule has 2 heterocycles. The number of aromatic nitrogens is 1. The molecule has 0 bridgehead atoms. The molecule has 0 fully saturated rings. The number of nitrogens with one attached hydrogen (secondary N) is 1. The minimum absolute atomic E-state index is 0.0327. The third-order valence-electron chi connectivity index (χ3n) is 5.93. The molecular weight excluding hydrogens is 432 g/mol. The summed E-state index contributed by atoms with van der Waals surface area (Å²) in [5.74, 6) is -0.632. The maximum absolute atomic E-state index is 12.9. The lowest BCUT2D eigenvalue weighted by atomic mass is 9.96. The molecule has 0 aliphatic carbocycles. The fourth-order valence-electron chi connectivity index (χ4n) is 3.97. The zero-order valence-electron chi connectivity index (χ0n) is 18.9. The van der Waals surface area contributed by atoms with Gasteiger partial charge in [0.1, 0.15) is 0 Å². The summed E-state index contributed by atoms with van der Waals surface area (Å²) in [6.45, 7) is 1.05. The Morgan fingerprint density at radius 2 is 1.74 bits per heavy atom. The van der Waals surface area contributed by atoms with Gasteiger partial charge in [-0.3, -0.25) is 14.6 Å². The Labute approximate surface area is 197 Å². The first-order chi connectivity index (χ1) is 16.4. The van der Waals surface area contributed by atoms with Crippen molar-refractivity contribution in [1.82, 2.24) is 9.88 Å². The van der Waals surface area contributed by atoms with Crippen LogP contribution in [0.3, 0.4) is 0 Å². The van der Waals surface area contributed by atoms with E-state index in [0.717, 1.165) is 16.7 Å². The van der Waals surface area contributed by atoms with Crippen LogP contribution < -0.4 is 11.1 Å². The number of methoxy groups -OCH3 is 1. The fourth-order valence-corrected chi connectivity index (χ4v) is 3.97. The van der Waals surface area contributed by atoms with Crippen LogP contribution >= 0.6 is 0 Å². The van der Waals surface area contributed by atoms with E-state index in [4.69, 9.17) is 10.5 Å². The van der Waals surface area contributed by atoms with Crippen molar-refractivity contribution >= 4 is 23.5 Å². The molecule has 1 aromatic heterocycles. The van der Waals surface area contributed by atoms with Gasteiger partial charge in [0.15, 0.2) is 0 Å². The SMILES string of the molecule is COC(=O)c1ccc2c(c1)CCN(C(=O)CC(N)c1ccc(C(=O)Nc3ccncc3)cc1)C2. The predicted octanol–water partition coefficient (Wildman–Crippen LogP) is 3.10. The lowest BCUT2D eigenvalue weighted by molar-refractivity contribution is -0.132. The van der Waals surface area contributed by atoms with Crippen molar-refractivity contribution in [3.63, 3.8) is 0 Å². The van der Waals surface area contributed by atoms with Crippen LogP contribution in [0.25, 0.3) is 0 Å². The van der Waals surface area contributed by atoms with E-state index in [2.05, 4.69) is 10.3 Å². The molecule has 1 aliphatic heterocycles. The van der Waals surface area contributed by atoms with Crippen molar-refractivity contribution in [3.05, 3.63) is 94.8 Å². The number of pyridine rings is 1. The Balaban J connectivity index is 1.34. The average Bonchev–Trinajstić information content (AvgIpc) is 2.88. The molecule has 3 aromatic rings. The molecule has 34 heavy (non-hydrogen) atoms. The Morgan fingerprint density at radius 1 is 1.03 bits per heavy atom. The summed E-state index contributed by atoms with van der Waals surface area (Å²) in [6, 6.07) is 15.3. The van der Waals surface area contributed by atoms with Gasteiger partial charge in [0, 0.05) is 49.2 Å². The van der Waals surface area contributed by atoms with Gasteiger partial charge in [-0.25, -0.2) is 4.79 Å². The number of esters is 1. The molecule has 0 spiro atoms. The van der Waals surface area contributed by atoms with Crippen LogP contribution in [-0.4, -0.2) is 41.3 Å². The summed E-state index contributed by atoms with van der Waals surface area (Å²) in [7, 11) is 1.36. The van der Waals surface area contributed by atoms with Gasteiger partial charge in [0.25, 0.3) is 5.91 Å². The van der Waals surface area contributed by atoms with Gasteiger partial charge in [0.05, 0.1) is 12.7 Å². The normalized spacial score (nSPS) is 13.5. The zero-order chi connectivity index (χ0) is 24.1. The van der Waals surface area contributed by atoms with E-state index < -0.39 is 6.04 Å². The number of ether oxygens (including phenoxy) is 1. The highest BCUT2D eigenvalue weighted by Gasteiger charge is 2.23. The average molecular weight is 459 g/mol. The number of rotatable bonds is 6.